The summed E-state index contributed by atoms with van der Waals surface area (Å²) >= 11 is 1.49. The lowest BCUT2D eigenvalue weighted by molar-refractivity contribution is -0.137. The third-order valence-electron chi connectivity index (χ3n) is 6.38. The minimum absolute atomic E-state index is 0.0319. The molecule has 3 heterocycles. The first-order valence-electron chi connectivity index (χ1n) is 11.7. The van der Waals surface area contributed by atoms with Crippen LogP contribution in [0.4, 0.5) is 8.78 Å². The second-order valence-corrected chi connectivity index (χ2v) is 10.1. The van der Waals surface area contributed by atoms with Gasteiger partial charge in [0.05, 0.1) is 18.1 Å². The topological polar surface area (TPSA) is 89.5 Å². The molecule has 2 aliphatic rings. The van der Waals surface area contributed by atoms with E-state index in [1.54, 1.807) is 19.3 Å². The molecule has 2 aromatic rings. The fourth-order valence-electron chi connectivity index (χ4n) is 4.53. The van der Waals surface area contributed by atoms with Crippen molar-refractivity contribution in [3.05, 3.63) is 33.8 Å². The Balaban J connectivity index is 1.12. The van der Waals surface area contributed by atoms with Crippen LogP contribution in [0.3, 0.4) is 0 Å². The van der Waals surface area contributed by atoms with Gasteiger partial charge in [-0.2, -0.15) is 8.78 Å². The maximum absolute atomic E-state index is 12.3. The Labute approximate surface area is 202 Å². The van der Waals surface area contributed by atoms with Crippen LogP contribution in [-0.4, -0.2) is 58.1 Å². The van der Waals surface area contributed by atoms with Gasteiger partial charge in [-0.15, -0.1) is 11.3 Å². The quantitative estimate of drug-likeness (QED) is 0.540. The van der Waals surface area contributed by atoms with E-state index in [1.165, 1.54) is 16.2 Å². The van der Waals surface area contributed by atoms with E-state index in [-0.39, 0.29) is 25.2 Å². The van der Waals surface area contributed by atoms with Gasteiger partial charge in [0, 0.05) is 24.0 Å². The van der Waals surface area contributed by atoms with Gasteiger partial charge in [0.2, 0.25) is 0 Å². The number of nitrogens with one attached hydrogen (secondary N) is 1. The molecule has 186 valence electrons. The monoisotopic (exact) mass is 495 g/mol. The number of carbonyl (C=O) groups is 1. The van der Waals surface area contributed by atoms with Gasteiger partial charge in [-0.1, -0.05) is 0 Å². The highest BCUT2D eigenvalue weighted by atomic mass is 32.1. The SMILES string of the molecule is Cc1ncc(OCC(=O)N[C@H]2CC[C@H](CCN3CCc4sc(COC(F)F)nc4C3)CC2)cn1. The number of thiazole rings is 1. The summed E-state index contributed by atoms with van der Waals surface area (Å²) in [7, 11) is 0. The van der Waals surface area contributed by atoms with Crippen molar-refractivity contribution in [3.63, 3.8) is 0 Å². The highest BCUT2D eigenvalue weighted by Gasteiger charge is 2.25. The van der Waals surface area contributed by atoms with Crippen molar-refractivity contribution >= 4 is 17.2 Å². The number of fused-ring (bicyclic) bond motifs is 1. The minimum atomic E-state index is -2.76. The summed E-state index contributed by atoms with van der Waals surface area (Å²) in [5.74, 6) is 1.69. The van der Waals surface area contributed by atoms with Crippen molar-refractivity contribution in [2.75, 3.05) is 19.7 Å². The molecule has 0 saturated heterocycles. The van der Waals surface area contributed by atoms with Crippen molar-refractivity contribution < 1.29 is 23.0 Å². The Bertz CT molecular complexity index is 935. The second-order valence-electron chi connectivity index (χ2n) is 8.90. The first-order valence-corrected chi connectivity index (χ1v) is 12.6. The number of halogens is 2. The molecular formula is C23H31F2N5O3S. The summed E-state index contributed by atoms with van der Waals surface area (Å²) in [6.07, 6.45) is 9.33. The Morgan fingerprint density at radius 1 is 1.26 bits per heavy atom. The molecule has 1 amide bonds. The number of alkyl halides is 2. The number of hydrogen-bond acceptors (Lipinski definition) is 8. The molecule has 1 saturated carbocycles. The van der Waals surface area contributed by atoms with Crippen LogP contribution < -0.4 is 10.1 Å². The van der Waals surface area contributed by atoms with E-state index >= 15 is 0 Å². The fraction of sp³-hybridized carbons (Fsp3) is 0.652. The first-order chi connectivity index (χ1) is 16.4. The molecule has 0 unspecified atom stereocenters. The molecular weight excluding hydrogens is 464 g/mol. The second kappa shape index (κ2) is 11.9. The lowest BCUT2D eigenvalue weighted by atomic mass is 9.84. The lowest BCUT2D eigenvalue weighted by Gasteiger charge is -2.32. The predicted octanol–water partition coefficient (Wildman–Crippen LogP) is 3.48. The van der Waals surface area contributed by atoms with Crippen LogP contribution in [0, 0.1) is 12.8 Å². The van der Waals surface area contributed by atoms with E-state index in [2.05, 4.69) is 29.9 Å². The number of carbonyl (C=O) groups excluding carboxylic acids is 1. The minimum Gasteiger partial charge on any atom is -0.481 e. The van der Waals surface area contributed by atoms with Gasteiger partial charge >= 0.3 is 6.61 Å². The summed E-state index contributed by atoms with van der Waals surface area (Å²) < 4.78 is 34.4. The molecule has 0 bridgehead atoms. The number of amides is 1. The largest absolute Gasteiger partial charge is 0.481 e. The molecule has 1 N–H and O–H groups in total. The molecule has 8 nitrogen and oxygen atoms in total. The van der Waals surface area contributed by atoms with Crippen LogP contribution in [0.25, 0.3) is 0 Å². The third kappa shape index (κ3) is 7.38. The molecule has 1 aliphatic heterocycles. The molecule has 0 radical (unpaired) electrons. The number of rotatable bonds is 10. The van der Waals surface area contributed by atoms with Crippen LogP contribution >= 0.6 is 11.3 Å². The van der Waals surface area contributed by atoms with Crippen molar-refractivity contribution in [1.29, 1.82) is 0 Å². The van der Waals surface area contributed by atoms with Gasteiger partial charge in [-0.25, -0.2) is 15.0 Å². The zero-order valence-corrected chi connectivity index (χ0v) is 20.2. The van der Waals surface area contributed by atoms with E-state index in [4.69, 9.17) is 4.74 Å². The predicted molar refractivity (Wildman–Crippen MR) is 123 cm³/mol. The fourth-order valence-corrected chi connectivity index (χ4v) is 5.52. The van der Waals surface area contributed by atoms with Gasteiger partial charge < -0.3 is 14.8 Å². The van der Waals surface area contributed by atoms with Crippen LogP contribution in [0.5, 0.6) is 5.75 Å². The zero-order valence-electron chi connectivity index (χ0n) is 19.3. The van der Waals surface area contributed by atoms with Crippen molar-refractivity contribution in [2.45, 2.75) is 71.3 Å². The number of aryl methyl sites for hydroxylation is 1. The molecule has 4 rings (SSSR count). The summed E-state index contributed by atoms with van der Waals surface area (Å²) in [4.78, 5) is 28.4. The Kier molecular flexibility index (Phi) is 8.74. The van der Waals surface area contributed by atoms with E-state index in [1.807, 2.05) is 0 Å². The summed E-state index contributed by atoms with van der Waals surface area (Å²) in [6, 6.07) is 0.197. The van der Waals surface area contributed by atoms with Crippen molar-refractivity contribution in [2.24, 2.45) is 5.92 Å². The molecule has 2 aromatic heterocycles. The Morgan fingerprint density at radius 3 is 2.76 bits per heavy atom. The van der Waals surface area contributed by atoms with Crippen LogP contribution in [-0.2, 0) is 29.1 Å². The summed E-state index contributed by atoms with van der Waals surface area (Å²) in [5, 5.41) is 3.71. The number of aromatic nitrogens is 3. The third-order valence-corrected chi connectivity index (χ3v) is 7.51. The van der Waals surface area contributed by atoms with E-state index in [0.29, 0.717) is 22.5 Å². The molecule has 0 spiro atoms. The highest BCUT2D eigenvalue weighted by Crippen LogP contribution is 2.29. The van der Waals surface area contributed by atoms with Crippen LogP contribution in [0.1, 0.15) is 53.5 Å². The maximum atomic E-state index is 12.3. The average molecular weight is 496 g/mol. The molecule has 0 aromatic carbocycles. The molecule has 1 aliphatic carbocycles. The highest BCUT2D eigenvalue weighted by molar-refractivity contribution is 7.11. The maximum Gasteiger partial charge on any atom is 0.345 e. The molecule has 1 fully saturated rings. The number of ether oxygens (including phenoxy) is 2. The van der Waals surface area contributed by atoms with E-state index < -0.39 is 6.61 Å². The molecule has 0 atom stereocenters. The van der Waals surface area contributed by atoms with E-state index in [0.717, 1.165) is 63.9 Å². The normalized spacial score (nSPS) is 20.8. The number of nitrogens with zero attached hydrogens (tertiary/aromatic N) is 4. The van der Waals surface area contributed by atoms with E-state index in [9.17, 15) is 13.6 Å². The molecule has 34 heavy (non-hydrogen) atoms. The summed E-state index contributed by atoms with van der Waals surface area (Å²) in [5.41, 5.74) is 1.01. The van der Waals surface area contributed by atoms with Crippen molar-refractivity contribution in [1.82, 2.24) is 25.2 Å². The van der Waals surface area contributed by atoms with Gasteiger partial charge in [0.1, 0.15) is 17.4 Å². The lowest BCUT2D eigenvalue weighted by Crippen LogP contribution is -2.40. The first kappa shape index (κ1) is 24.9. The van der Waals surface area contributed by atoms with Gasteiger partial charge in [-0.05, 0) is 57.9 Å². The van der Waals surface area contributed by atoms with Crippen LogP contribution in [0.15, 0.2) is 12.4 Å². The standard InChI is InChI=1S/C23H31F2N5O3S/c1-15-26-10-18(11-27-15)32-13-21(31)28-17-4-2-16(3-5-17)6-8-30-9-7-20-19(12-30)29-22(34-20)14-33-23(24)25/h10-11,16-17,23H,2-9,12-14H2,1H3,(H,28,31)/t16-,17-. The smallest absolute Gasteiger partial charge is 0.345 e. The van der Waals surface area contributed by atoms with Gasteiger partial charge in [0.15, 0.2) is 12.4 Å². The van der Waals surface area contributed by atoms with Gasteiger partial charge in [-0.3, -0.25) is 9.69 Å². The zero-order chi connectivity index (χ0) is 23.9. The Hall–Kier alpha value is -2.24. The van der Waals surface area contributed by atoms with Crippen LogP contribution in [0.2, 0.25) is 0 Å². The van der Waals surface area contributed by atoms with Gasteiger partial charge in [0.25, 0.3) is 5.91 Å². The number of hydrogen-bond donors (Lipinski definition) is 1. The Morgan fingerprint density at radius 2 is 2.03 bits per heavy atom. The van der Waals surface area contributed by atoms with Crippen molar-refractivity contribution in [3.8, 4) is 5.75 Å². The molecule has 11 heteroatoms. The summed E-state index contributed by atoms with van der Waals surface area (Å²) in [6.45, 7) is 1.64. The average Bonchev–Trinajstić information content (AvgIpc) is 3.24.